The zero-order valence-corrected chi connectivity index (χ0v) is 57.4. The maximum Gasteiger partial charge on any atom is -0.00231 e. The highest BCUT2D eigenvalue weighted by atomic mass is 14.4. The Hall–Kier alpha value is -4.68. The van der Waals surface area contributed by atoms with E-state index in [4.69, 9.17) is 0 Å². The lowest BCUT2D eigenvalue weighted by molar-refractivity contribution is 0.0581. The fourth-order valence-corrected chi connectivity index (χ4v) is 13.1. The molecule has 9 rings (SSSR count). The Morgan fingerprint density at radius 1 is 0.381 bits per heavy atom. The molecule has 0 aromatic heterocycles. The smallest absolute Gasteiger partial charge is 0.00231 e. The van der Waals surface area contributed by atoms with E-state index in [0.29, 0.717) is 10.8 Å². The first-order valence-electron chi connectivity index (χ1n) is 33.7. The van der Waals surface area contributed by atoms with Crippen LogP contribution in [-0.4, -0.2) is 0 Å². The highest BCUT2D eigenvalue weighted by Gasteiger charge is 2.38. The summed E-state index contributed by atoms with van der Waals surface area (Å²) in [4.78, 5) is 0. The van der Waals surface area contributed by atoms with Crippen molar-refractivity contribution in [3.63, 3.8) is 0 Å². The monoisotopic (exact) mass is 1140 g/mol. The summed E-state index contributed by atoms with van der Waals surface area (Å²) in [6.45, 7) is 42.8. The highest BCUT2D eigenvalue weighted by Crippen LogP contribution is 2.50. The summed E-state index contributed by atoms with van der Waals surface area (Å²) in [6, 6.07) is 47.7. The van der Waals surface area contributed by atoms with E-state index in [1.807, 2.05) is 0 Å². The summed E-state index contributed by atoms with van der Waals surface area (Å²) < 4.78 is 0. The lowest BCUT2D eigenvalue weighted by Gasteiger charge is -2.45. The second-order valence-corrected chi connectivity index (χ2v) is 28.3. The molecule has 2 unspecified atom stereocenters. The number of hydrogen-bond donors (Lipinski definition) is 0. The molecule has 0 heterocycles. The number of rotatable bonds is 12. The van der Waals surface area contributed by atoms with Crippen LogP contribution >= 0.6 is 0 Å². The summed E-state index contributed by atoms with van der Waals surface area (Å²) in [5, 5.41) is 0. The van der Waals surface area contributed by atoms with Crippen molar-refractivity contribution in [2.24, 2.45) is 40.4 Å². The third-order valence-corrected chi connectivity index (χ3v) is 18.9. The van der Waals surface area contributed by atoms with Crippen molar-refractivity contribution < 1.29 is 0 Å². The Morgan fingerprint density at radius 3 is 1.15 bits per heavy atom. The van der Waals surface area contributed by atoms with Crippen LogP contribution in [0.5, 0.6) is 0 Å². The summed E-state index contributed by atoms with van der Waals surface area (Å²) in [7, 11) is 0. The van der Waals surface area contributed by atoms with Crippen LogP contribution in [0.15, 0.2) is 133 Å². The van der Waals surface area contributed by atoms with Gasteiger partial charge in [-0.2, -0.15) is 0 Å². The molecule has 0 saturated heterocycles. The fraction of sp³-hybridized carbons (Fsp3) is 0.571. The molecule has 0 N–H and O–H groups in total. The molecule has 466 valence electrons. The van der Waals surface area contributed by atoms with Gasteiger partial charge < -0.3 is 0 Å². The minimum atomic E-state index is 0. The van der Waals surface area contributed by atoms with Gasteiger partial charge in [-0.3, -0.25) is 0 Å². The van der Waals surface area contributed by atoms with Crippen molar-refractivity contribution in [2.75, 3.05) is 0 Å². The minimum Gasteiger partial charge on any atom is -0.0776 e. The van der Waals surface area contributed by atoms with Gasteiger partial charge in [-0.15, -0.1) is 0 Å². The van der Waals surface area contributed by atoms with Gasteiger partial charge in [0.05, 0.1) is 0 Å². The van der Waals surface area contributed by atoms with Crippen LogP contribution in [-0.2, 0) is 12.8 Å². The Morgan fingerprint density at radius 2 is 0.786 bits per heavy atom. The fourth-order valence-electron chi connectivity index (χ4n) is 13.1. The van der Waals surface area contributed by atoms with Gasteiger partial charge in [-0.1, -0.05) is 322 Å². The van der Waals surface area contributed by atoms with Crippen molar-refractivity contribution in [1.29, 1.82) is 0 Å². The van der Waals surface area contributed by atoms with Gasteiger partial charge >= 0.3 is 0 Å². The van der Waals surface area contributed by atoms with E-state index in [-0.39, 0.29) is 7.43 Å². The third-order valence-electron chi connectivity index (χ3n) is 18.9. The van der Waals surface area contributed by atoms with E-state index in [0.717, 1.165) is 42.4 Å². The van der Waals surface area contributed by atoms with Crippen molar-refractivity contribution in [2.45, 2.75) is 274 Å². The minimum absolute atomic E-state index is 0. The van der Waals surface area contributed by atoms with Crippen molar-refractivity contribution in [1.82, 2.24) is 0 Å². The summed E-state index contributed by atoms with van der Waals surface area (Å²) in [5.41, 5.74) is 20.4. The Kier molecular flexibility index (Phi) is 36.5. The molecular formula is C84H130. The largest absolute Gasteiger partial charge is 0.0776 e. The zero-order chi connectivity index (χ0) is 61.4. The normalized spacial score (nSPS) is 20.2. The maximum atomic E-state index is 2.46. The molecule has 0 heteroatoms. The number of hydrogen-bond acceptors (Lipinski definition) is 0. The van der Waals surface area contributed by atoms with Crippen molar-refractivity contribution in [3.8, 4) is 0 Å². The molecule has 84 heavy (non-hydrogen) atoms. The lowest BCUT2D eigenvalue weighted by atomic mass is 9.60. The van der Waals surface area contributed by atoms with Gasteiger partial charge in [-0.05, 0) is 204 Å². The first kappa shape index (κ1) is 75.4. The van der Waals surface area contributed by atoms with Crippen LogP contribution in [0.4, 0.5) is 0 Å². The molecule has 0 spiro atoms. The molecular weight excluding hydrogens is 1010 g/mol. The number of unbranched alkanes of at least 4 members (excludes halogenated alkanes) is 5. The molecule has 0 radical (unpaired) electrons. The second kappa shape index (κ2) is 40.7. The average Bonchev–Trinajstić information content (AvgIpc) is 3.47. The first-order chi connectivity index (χ1) is 39.4. The predicted molar refractivity (Wildman–Crippen MR) is 379 cm³/mol. The SMILES string of the molecule is C.CC1CCC(CC2CCC(C)CC2)CC1.CCC1(C)CC(C)CC(C)(C)C1.CCCCCCCC.Cc1ccc(C)c(C)c1.Cc1ccc(Cc2ccc(C)cc2)cc1.Cc1ccc(Cc2ccccc2C)cc1.Cc1cccc(C)c1C. The topological polar surface area (TPSA) is 0 Å². The molecule has 3 fully saturated rings. The average molecular weight is 1140 g/mol. The molecule has 3 aliphatic rings. The first-order valence-corrected chi connectivity index (χ1v) is 33.7. The quantitative estimate of drug-likeness (QED) is 0.107. The van der Waals surface area contributed by atoms with Gasteiger partial charge in [0.25, 0.3) is 0 Å². The molecule has 3 aliphatic carbocycles. The number of benzene rings is 6. The van der Waals surface area contributed by atoms with Crippen molar-refractivity contribution in [3.05, 3.63) is 211 Å². The molecule has 0 bridgehead atoms. The van der Waals surface area contributed by atoms with Crippen LogP contribution in [0, 0.1) is 110 Å². The van der Waals surface area contributed by atoms with E-state index in [1.54, 1.807) is 6.42 Å². The van der Waals surface area contributed by atoms with Gasteiger partial charge in [0.15, 0.2) is 0 Å². The molecule has 0 nitrogen and oxygen atoms in total. The van der Waals surface area contributed by atoms with E-state index < -0.39 is 0 Å². The predicted octanol–water partition coefficient (Wildman–Crippen LogP) is 26.3. The lowest BCUT2D eigenvalue weighted by Crippen LogP contribution is -2.34. The van der Waals surface area contributed by atoms with Gasteiger partial charge in [0.2, 0.25) is 0 Å². The maximum absolute atomic E-state index is 2.46. The third kappa shape index (κ3) is 31.6. The van der Waals surface area contributed by atoms with E-state index in [1.165, 1.54) is 193 Å². The van der Waals surface area contributed by atoms with E-state index in [2.05, 4.69) is 265 Å². The van der Waals surface area contributed by atoms with Gasteiger partial charge in [0.1, 0.15) is 0 Å². The standard InChI is InChI=1S/C15H28.2C15H16.C12H24.2C9H12.C8H18.CH4/c2*1-12-3-7-14(8-4-12)11-15-9-5-13(2)6-10-15;1-12-7-9-14(10-8-12)11-15-6-4-3-5-13(15)2;1-6-12(5)8-10(2)7-11(3,4)9-12;1-7-4-5-8(2)9(3)6-7;1-7-5-4-6-8(2)9(7)3;1-3-5-7-8-6-4-2;/h12-15H,3-11H2,1-2H3;2*3-10H,11H2,1-2H3;10H,6-9H2,1-5H3;2*4-6H,1-3H3;3-8H2,1-2H3;1H4. The van der Waals surface area contributed by atoms with Gasteiger partial charge in [0, 0.05) is 0 Å². The molecule has 6 aromatic carbocycles. The Balaban J connectivity index is 0.000000338. The highest BCUT2D eigenvalue weighted by molar-refractivity contribution is 5.34. The Labute approximate surface area is 522 Å². The summed E-state index contributed by atoms with van der Waals surface area (Å²) in [6.07, 6.45) is 29.9. The zero-order valence-electron chi connectivity index (χ0n) is 57.4. The van der Waals surface area contributed by atoms with Crippen LogP contribution in [0.1, 0.15) is 270 Å². The molecule has 6 aromatic rings. The molecule has 0 amide bonds. The van der Waals surface area contributed by atoms with Gasteiger partial charge in [-0.25, -0.2) is 0 Å². The molecule has 0 aliphatic heterocycles. The molecule has 2 atom stereocenters. The van der Waals surface area contributed by atoms with Crippen LogP contribution < -0.4 is 0 Å². The summed E-state index contributed by atoms with van der Waals surface area (Å²) in [5.74, 6) is 5.16. The van der Waals surface area contributed by atoms with E-state index in [9.17, 15) is 0 Å². The summed E-state index contributed by atoms with van der Waals surface area (Å²) >= 11 is 0. The van der Waals surface area contributed by atoms with Crippen LogP contribution in [0.2, 0.25) is 0 Å². The van der Waals surface area contributed by atoms with Crippen LogP contribution in [0.3, 0.4) is 0 Å². The Bertz CT molecular complexity index is 2520. The van der Waals surface area contributed by atoms with Crippen LogP contribution in [0.25, 0.3) is 0 Å². The second-order valence-electron chi connectivity index (χ2n) is 28.3. The van der Waals surface area contributed by atoms with Crippen molar-refractivity contribution >= 4 is 0 Å². The molecule has 3 saturated carbocycles. The van der Waals surface area contributed by atoms with E-state index >= 15 is 0 Å². The number of aryl methyl sites for hydroxylation is 9.